The third-order valence-corrected chi connectivity index (χ3v) is 3.12. The van der Waals surface area contributed by atoms with E-state index in [1.165, 1.54) is 26.2 Å². The van der Waals surface area contributed by atoms with Gasteiger partial charge in [-0.3, -0.25) is 0 Å². The molecule has 1 aromatic carbocycles. The third-order valence-electron chi connectivity index (χ3n) is 2.16. The van der Waals surface area contributed by atoms with E-state index < -0.39 is 18.4 Å². The van der Waals surface area contributed by atoms with Crippen LogP contribution in [0.3, 0.4) is 0 Å². The molecule has 0 aliphatic carbocycles. The van der Waals surface area contributed by atoms with Crippen molar-refractivity contribution in [1.29, 1.82) is 0 Å². The van der Waals surface area contributed by atoms with Gasteiger partial charge in [-0.15, -0.1) is 0 Å². The second-order valence-corrected chi connectivity index (χ2v) is 4.88. The van der Waals surface area contributed by atoms with Gasteiger partial charge < -0.3 is 14.6 Å². The highest BCUT2D eigenvalue weighted by atomic mass is 32.2. The van der Waals surface area contributed by atoms with E-state index in [9.17, 15) is 8.76 Å². The summed E-state index contributed by atoms with van der Waals surface area (Å²) in [6, 6.07) is 6.15. The van der Waals surface area contributed by atoms with Crippen LogP contribution in [0.25, 0.3) is 0 Å². The minimum absolute atomic E-state index is 0.268. The lowest BCUT2D eigenvalue weighted by molar-refractivity contribution is 0.425. The van der Waals surface area contributed by atoms with Crippen LogP contribution in [0.1, 0.15) is 0 Å². The average Bonchev–Trinajstić information content (AvgIpc) is 2.17. The van der Waals surface area contributed by atoms with Crippen LogP contribution in [-0.2, 0) is 11.3 Å². The summed E-state index contributed by atoms with van der Waals surface area (Å²) in [6.45, 7) is 0. The second-order valence-electron chi connectivity index (χ2n) is 3.54. The molecule has 0 spiro atoms. The van der Waals surface area contributed by atoms with Gasteiger partial charge in [0.2, 0.25) is 0 Å². The lowest BCUT2D eigenvalue weighted by Crippen LogP contribution is -2.43. The first-order valence-corrected chi connectivity index (χ1v) is 5.29. The Kier molecular flexibility index (Phi) is 3.64. The molecular weight excluding hydrogens is 217 g/mol. The normalized spacial score (nSPS) is 13.7. The number of nitrogens with zero attached hydrogens (tertiary/aromatic N) is 1. The maximum Gasteiger partial charge on any atom is 0.488 e. The highest BCUT2D eigenvalue weighted by Crippen LogP contribution is 2.18. The lowest BCUT2D eigenvalue weighted by atomic mass is 9.80. The van der Waals surface area contributed by atoms with Gasteiger partial charge in [-0.1, -0.05) is 12.1 Å². The fraction of sp³-hybridized carbons (Fsp3) is 0.250. The summed E-state index contributed by atoms with van der Waals surface area (Å²) < 4.78 is 21.5. The Morgan fingerprint density at radius 1 is 1.40 bits per heavy atom. The van der Waals surface area contributed by atoms with Gasteiger partial charge in [-0.25, -0.2) is 8.10 Å². The zero-order chi connectivity index (χ0) is 11.6. The van der Waals surface area contributed by atoms with Gasteiger partial charge in [0.15, 0.2) is 11.3 Å². The van der Waals surface area contributed by atoms with Crippen molar-refractivity contribution < 1.29 is 18.8 Å². The van der Waals surface area contributed by atoms with Crippen LogP contribution in [0.15, 0.2) is 24.3 Å². The molecule has 2 N–H and O–H groups in total. The predicted molar refractivity (Wildman–Crippen MR) is 58.8 cm³/mol. The number of quaternary nitrogens is 1. The van der Waals surface area contributed by atoms with Crippen molar-refractivity contribution in [2.24, 2.45) is 0 Å². The molecule has 0 aliphatic heterocycles. The molecule has 7 heteroatoms. The monoisotopic (exact) mass is 229 g/mol. The Hall–Kier alpha value is -0.725. The van der Waals surface area contributed by atoms with Crippen molar-refractivity contribution in [3.63, 3.8) is 0 Å². The molecule has 1 unspecified atom stereocenters. The first kappa shape index (κ1) is 12.3. The fourth-order valence-corrected chi connectivity index (χ4v) is 1.39. The second kappa shape index (κ2) is 4.42. The van der Waals surface area contributed by atoms with Gasteiger partial charge >= 0.3 is 7.12 Å². The Balaban J connectivity index is 3.16. The van der Waals surface area contributed by atoms with E-state index in [0.29, 0.717) is 5.69 Å². The molecular formula is C8H12BNO4S. The Morgan fingerprint density at radius 2 is 2.00 bits per heavy atom. The molecule has 1 rings (SSSR count). The van der Waals surface area contributed by atoms with Gasteiger partial charge in [-0.2, -0.15) is 0 Å². The largest absolute Gasteiger partial charge is 0.724 e. The average molecular weight is 229 g/mol. The number of hydrogen-bond acceptors (Lipinski definition) is 4. The van der Waals surface area contributed by atoms with E-state index >= 15 is 0 Å². The lowest BCUT2D eigenvalue weighted by Gasteiger charge is -2.29. The van der Waals surface area contributed by atoms with E-state index in [0.717, 1.165) is 0 Å². The molecule has 0 radical (unpaired) electrons. The zero-order valence-electron chi connectivity index (χ0n) is 8.45. The molecule has 0 fully saturated rings. The van der Waals surface area contributed by atoms with Gasteiger partial charge in [-0.05, 0) is 11.5 Å². The van der Waals surface area contributed by atoms with Crippen LogP contribution in [0, 0.1) is 0 Å². The minimum atomic E-state index is -2.32. The van der Waals surface area contributed by atoms with Gasteiger partial charge in [0, 0.05) is 6.07 Å². The molecule has 5 nitrogen and oxygen atoms in total. The molecule has 0 aromatic heterocycles. The van der Waals surface area contributed by atoms with Crippen molar-refractivity contribution in [3.8, 4) is 0 Å². The summed E-state index contributed by atoms with van der Waals surface area (Å²) in [7, 11) is 1.39. The summed E-state index contributed by atoms with van der Waals surface area (Å²) in [6.07, 6.45) is 0. The van der Waals surface area contributed by atoms with E-state index in [2.05, 4.69) is 0 Å². The quantitative estimate of drug-likeness (QED) is 0.384. The van der Waals surface area contributed by atoms with E-state index in [-0.39, 0.29) is 9.35 Å². The smallest absolute Gasteiger partial charge is 0.488 e. The van der Waals surface area contributed by atoms with Crippen molar-refractivity contribution in [1.82, 2.24) is 3.89 Å². The van der Waals surface area contributed by atoms with Crippen LogP contribution >= 0.6 is 0 Å². The summed E-state index contributed by atoms with van der Waals surface area (Å²) >= 11 is -2.32. The molecule has 0 saturated heterocycles. The number of benzene rings is 1. The van der Waals surface area contributed by atoms with Crippen LogP contribution in [-0.4, -0.2) is 40.0 Å². The van der Waals surface area contributed by atoms with E-state index in [1.807, 2.05) is 0 Å². The summed E-state index contributed by atoms with van der Waals surface area (Å²) in [4.78, 5) is 0. The molecule has 0 aliphatic rings. The molecule has 1 aromatic rings. The minimum Gasteiger partial charge on any atom is -0.724 e. The van der Waals surface area contributed by atoms with Gasteiger partial charge in [0.1, 0.15) is 5.69 Å². The van der Waals surface area contributed by atoms with Crippen molar-refractivity contribution >= 4 is 29.5 Å². The summed E-state index contributed by atoms with van der Waals surface area (Å²) in [5.41, 5.74) is 0.734. The van der Waals surface area contributed by atoms with Gasteiger partial charge in [0.05, 0.1) is 14.1 Å². The standard InChI is InChI=1S/C8H12BNO4S/c1-10(2,15(13)14)8-5-3-4-7(6-8)9(11)12/h3-6,11-12H,1-2H3. The first-order valence-electron chi connectivity index (χ1n) is 4.26. The fourth-order valence-electron chi connectivity index (χ4n) is 1.11. The summed E-state index contributed by atoms with van der Waals surface area (Å²) in [5.74, 6) is 0. The highest BCUT2D eigenvalue weighted by Gasteiger charge is 2.22. The number of hydrogen-bond donors (Lipinski definition) is 2. The SMILES string of the molecule is C[N+](C)(c1cccc(B(O)O)c1)S(=O)[O-]. The molecule has 0 heterocycles. The van der Waals surface area contributed by atoms with Crippen molar-refractivity contribution in [2.75, 3.05) is 14.1 Å². The molecule has 1 atom stereocenters. The maximum atomic E-state index is 10.9. The Morgan fingerprint density at radius 3 is 2.47 bits per heavy atom. The van der Waals surface area contributed by atoms with Crippen LogP contribution < -0.4 is 9.35 Å². The van der Waals surface area contributed by atoms with Crippen molar-refractivity contribution in [2.45, 2.75) is 0 Å². The predicted octanol–water partition coefficient (Wildman–Crippen LogP) is -1.27. The molecule has 0 amide bonds. The molecule has 0 bridgehead atoms. The Bertz CT molecular complexity index is 383. The van der Waals surface area contributed by atoms with Gasteiger partial charge in [0.25, 0.3) is 0 Å². The maximum absolute atomic E-state index is 10.9. The summed E-state index contributed by atoms with van der Waals surface area (Å²) in [5, 5.41) is 17.9. The topological polar surface area (TPSA) is 80.6 Å². The number of rotatable bonds is 3. The Labute approximate surface area is 91.1 Å². The molecule has 15 heavy (non-hydrogen) atoms. The van der Waals surface area contributed by atoms with Crippen LogP contribution in [0.2, 0.25) is 0 Å². The molecule has 82 valence electrons. The van der Waals surface area contributed by atoms with E-state index in [1.54, 1.807) is 12.1 Å². The zero-order valence-corrected chi connectivity index (χ0v) is 9.27. The van der Waals surface area contributed by atoms with Crippen LogP contribution in [0.4, 0.5) is 5.69 Å². The molecule has 0 saturated carbocycles. The highest BCUT2D eigenvalue weighted by molar-refractivity contribution is 7.78. The van der Waals surface area contributed by atoms with E-state index in [4.69, 9.17) is 10.0 Å². The van der Waals surface area contributed by atoms with Crippen molar-refractivity contribution in [3.05, 3.63) is 24.3 Å². The first-order chi connectivity index (χ1) is 6.85. The third kappa shape index (κ3) is 2.64. The van der Waals surface area contributed by atoms with Crippen LogP contribution in [0.5, 0.6) is 0 Å².